The van der Waals surface area contributed by atoms with E-state index in [9.17, 15) is 18.3 Å². The molecule has 3 aliphatic rings. The molecule has 2 aromatic carbocycles. The summed E-state index contributed by atoms with van der Waals surface area (Å²) in [6.45, 7) is 13.7. The number of benzene rings is 2. The Bertz CT molecular complexity index is 1810. The number of aryl methyl sites for hydroxylation is 1. The standard InChI is InChI=1S/C37H49N3O9S2/c1-22(2)40(51(43,44)27-12-13-31-32(18-27)49-37(6,7)48-31)19-30(41)29(39-34(42)17-25-20-46-35-28(25)14-15-45-35)16-24-8-10-26(11-9-24)47-36(4,5)33-21-50-23(3)38-33/h8-13,18,21-22,25,28-30,35,41H,14-17,19-20H2,1-7H3,(H,39,42). The molecule has 3 aromatic rings. The minimum absolute atomic E-state index is 0.000101. The van der Waals surface area contributed by atoms with Crippen LogP contribution in [-0.2, 0) is 36.3 Å². The smallest absolute Gasteiger partial charge is 0.246 e. The van der Waals surface area contributed by atoms with Gasteiger partial charge in [-0.1, -0.05) is 12.1 Å². The van der Waals surface area contributed by atoms with E-state index in [1.54, 1.807) is 45.1 Å². The number of carbonyl (C=O) groups is 1. The van der Waals surface area contributed by atoms with Crippen molar-refractivity contribution in [2.45, 2.75) is 108 Å². The Balaban J connectivity index is 1.20. The van der Waals surface area contributed by atoms with Gasteiger partial charge in [0.05, 0.1) is 41.0 Å². The Morgan fingerprint density at radius 1 is 1.14 bits per heavy atom. The molecule has 14 heteroatoms. The van der Waals surface area contributed by atoms with Gasteiger partial charge in [0.15, 0.2) is 17.8 Å². The molecule has 5 unspecified atom stereocenters. The second-order valence-corrected chi connectivity index (χ2v) is 17.8. The molecule has 2 fully saturated rings. The van der Waals surface area contributed by atoms with Gasteiger partial charge in [-0.3, -0.25) is 4.79 Å². The highest BCUT2D eigenvalue weighted by Gasteiger charge is 2.43. The van der Waals surface area contributed by atoms with Crippen LogP contribution in [-0.4, -0.2) is 78.7 Å². The normalized spacial score (nSPS) is 22.3. The number of thiazole rings is 1. The number of ether oxygens (including phenoxy) is 5. The predicted octanol–water partition coefficient (Wildman–Crippen LogP) is 5.16. The fraction of sp³-hybridized carbons (Fsp3) is 0.568. The second kappa shape index (κ2) is 14.6. The first-order valence-electron chi connectivity index (χ1n) is 17.5. The number of hydrogen-bond acceptors (Lipinski definition) is 11. The van der Waals surface area contributed by atoms with Gasteiger partial charge in [-0.15, -0.1) is 11.3 Å². The monoisotopic (exact) mass is 743 g/mol. The molecule has 5 atom stereocenters. The molecule has 278 valence electrons. The van der Waals surface area contributed by atoms with Crippen molar-refractivity contribution in [2.24, 2.45) is 11.8 Å². The largest absolute Gasteiger partial charge is 0.482 e. The number of fused-ring (bicyclic) bond motifs is 2. The first-order chi connectivity index (χ1) is 24.0. The van der Waals surface area contributed by atoms with Crippen molar-refractivity contribution < 1.29 is 42.0 Å². The Morgan fingerprint density at radius 2 is 1.86 bits per heavy atom. The Kier molecular flexibility index (Phi) is 10.8. The van der Waals surface area contributed by atoms with Gasteiger partial charge in [0.1, 0.15) is 11.4 Å². The quantitative estimate of drug-likeness (QED) is 0.227. The first kappa shape index (κ1) is 37.5. The van der Waals surface area contributed by atoms with E-state index in [0.29, 0.717) is 30.5 Å². The Labute approximate surface area is 304 Å². The fourth-order valence-corrected chi connectivity index (χ4v) is 9.32. The minimum Gasteiger partial charge on any atom is -0.482 e. The van der Waals surface area contributed by atoms with E-state index in [2.05, 4.69) is 10.3 Å². The van der Waals surface area contributed by atoms with Crippen molar-refractivity contribution in [1.82, 2.24) is 14.6 Å². The molecule has 51 heavy (non-hydrogen) atoms. The highest BCUT2D eigenvalue weighted by Crippen LogP contribution is 2.41. The summed E-state index contributed by atoms with van der Waals surface area (Å²) in [5.74, 6) is 0.435. The summed E-state index contributed by atoms with van der Waals surface area (Å²) in [6, 6.07) is 10.7. The molecule has 0 aliphatic carbocycles. The highest BCUT2D eigenvalue weighted by molar-refractivity contribution is 7.89. The number of sulfonamides is 1. The molecule has 1 amide bonds. The van der Waals surface area contributed by atoms with E-state index in [1.165, 1.54) is 16.4 Å². The van der Waals surface area contributed by atoms with Crippen molar-refractivity contribution in [3.63, 3.8) is 0 Å². The number of amides is 1. The number of nitrogens with zero attached hydrogens (tertiary/aromatic N) is 2. The van der Waals surface area contributed by atoms with Crippen LogP contribution in [0.2, 0.25) is 0 Å². The number of aliphatic hydroxyl groups is 1. The van der Waals surface area contributed by atoms with Gasteiger partial charge in [-0.05, 0) is 83.2 Å². The zero-order valence-corrected chi connectivity index (χ0v) is 31.9. The van der Waals surface area contributed by atoms with Gasteiger partial charge in [0, 0.05) is 50.2 Å². The van der Waals surface area contributed by atoms with Gasteiger partial charge in [-0.2, -0.15) is 4.31 Å². The van der Waals surface area contributed by atoms with Gasteiger partial charge in [0.25, 0.3) is 0 Å². The molecular formula is C37H49N3O9S2. The average molecular weight is 744 g/mol. The SMILES string of the molecule is Cc1nc(C(C)(C)Oc2ccc(CC(NC(=O)CC3COC4OCCC34)C(O)CN(C(C)C)S(=O)(=O)c3ccc4c(c3)OC(C)(C)O4)cc2)cs1. The maximum absolute atomic E-state index is 14.1. The average Bonchev–Trinajstić information content (AvgIpc) is 3.84. The molecule has 0 bridgehead atoms. The Morgan fingerprint density at radius 3 is 2.55 bits per heavy atom. The van der Waals surface area contributed by atoms with Crippen LogP contribution in [0.3, 0.4) is 0 Å². The molecule has 3 aliphatic heterocycles. The van der Waals surface area contributed by atoms with E-state index in [4.69, 9.17) is 23.7 Å². The molecule has 1 aromatic heterocycles. The summed E-state index contributed by atoms with van der Waals surface area (Å²) in [4.78, 5) is 18.1. The summed E-state index contributed by atoms with van der Waals surface area (Å²) in [5, 5.41) is 17.8. The lowest BCUT2D eigenvalue weighted by Gasteiger charge is -2.32. The number of aliphatic hydroxyl groups excluding tert-OH is 1. The van der Waals surface area contributed by atoms with Crippen molar-refractivity contribution >= 4 is 27.3 Å². The maximum atomic E-state index is 14.1. The number of carbonyl (C=O) groups excluding carboxylic acids is 1. The van der Waals surface area contributed by atoms with Crippen molar-refractivity contribution in [3.05, 3.63) is 64.1 Å². The zero-order valence-electron chi connectivity index (χ0n) is 30.2. The predicted molar refractivity (Wildman–Crippen MR) is 191 cm³/mol. The number of hydrogen-bond donors (Lipinski definition) is 2. The summed E-state index contributed by atoms with van der Waals surface area (Å²) in [7, 11) is -4.09. The van der Waals surface area contributed by atoms with Gasteiger partial charge in [0.2, 0.25) is 21.7 Å². The lowest BCUT2D eigenvalue weighted by Crippen LogP contribution is -2.52. The van der Waals surface area contributed by atoms with Crippen LogP contribution in [0, 0.1) is 18.8 Å². The second-order valence-electron chi connectivity index (χ2n) is 14.8. The lowest BCUT2D eigenvalue weighted by molar-refractivity contribution is -0.124. The van der Waals surface area contributed by atoms with Crippen molar-refractivity contribution in [3.8, 4) is 17.2 Å². The molecule has 0 radical (unpaired) electrons. The topological polar surface area (TPSA) is 146 Å². The molecule has 4 heterocycles. The van der Waals surface area contributed by atoms with Crippen LogP contribution in [0.15, 0.2) is 52.7 Å². The van der Waals surface area contributed by atoms with Crippen molar-refractivity contribution in [1.29, 1.82) is 0 Å². The zero-order chi connectivity index (χ0) is 36.7. The van der Waals surface area contributed by atoms with Crippen LogP contribution in [0.1, 0.15) is 70.6 Å². The third-order valence-electron chi connectivity index (χ3n) is 9.59. The van der Waals surface area contributed by atoms with E-state index in [1.807, 2.05) is 50.4 Å². The third kappa shape index (κ3) is 8.52. The molecule has 2 saturated heterocycles. The first-order valence-corrected chi connectivity index (χ1v) is 19.8. The van der Waals surface area contributed by atoms with E-state index < -0.39 is 39.6 Å². The number of nitrogens with one attached hydrogen (secondary N) is 1. The molecule has 0 spiro atoms. The number of aromatic nitrogens is 1. The van der Waals surface area contributed by atoms with Crippen LogP contribution < -0.4 is 19.5 Å². The van der Waals surface area contributed by atoms with E-state index in [-0.39, 0.29) is 48.3 Å². The van der Waals surface area contributed by atoms with Crippen LogP contribution in [0.5, 0.6) is 17.2 Å². The van der Waals surface area contributed by atoms with Gasteiger partial charge >= 0.3 is 0 Å². The van der Waals surface area contributed by atoms with E-state index in [0.717, 1.165) is 22.7 Å². The molecule has 12 nitrogen and oxygen atoms in total. The van der Waals surface area contributed by atoms with E-state index >= 15 is 0 Å². The summed E-state index contributed by atoms with van der Waals surface area (Å²) in [5.41, 5.74) is 1.03. The summed E-state index contributed by atoms with van der Waals surface area (Å²) in [6.07, 6.45) is -0.222. The molecule has 2 N–H and O–H groups in total. The molecule has 0 saturated carbocycles. The lowest BCUT2D eigenvalue weighted by atomic mass is 9.90. The molecule has 6 rings (SSSR count). The minimum atomic E-state index is -4.09. The third-order valence-corrected chi connectivity index (χ3v) is 12.4. The van der Waals surface area contributed by atoms with Gasteiger partial charge in [-0.25, -0.2) is 13.4 Å². The number of rotatable bonds is 14. The van der Waals surface area contributed by atoms with Crippen molar-refractivity contribution in [2.75, 3.05) is 19.8 Å². The summed E-state index contributed by atoms with van der Waals surface area (Å²) >= 11 is 1.57. The van der Waals surface area contributed by atoms with Crippen LogP contribution in [0.4, 0.5) is 0 Å². The fourth-order valence-electron chi connectivity index (χ4n) is 6.88. The molecular weight excluding hydrogens is 695 g/mol. The van der Waals surface area contributed by atoms with Gasteiger partial charge < -0.3 is 34.1 Å². The Hall–Kier alpha value is -3.27. The highest BCUT2D eigenvalue weighted by atomic mass is 32.2. The van der Waals surface area contributed by atoms with Crippen LogP contribution >= 0.6 is 11.3 Å². The summed E-state index contributed by atoms with van der Waals surface area (Å²) < 4.78 is 58.6. The maximum Gasteiger partial charge on any atom is 0.246 e. The van der Waals surface area contributed by atoms with Crippen LogP contribution in [0.25, 0.3) is 0 Å².